The van der Waals surface area contributed by atoms with E-state index in [1.807, 2.05) is 0 Å². The highest BCUT2D eigenvalue weighted by Crippen LogP contribution is 2.34. The summed E-state index contributed by atoms with van der Waals surface area (Å²) in [6.07, 6.45) is -85.5. The second kappa shape index (κ2) is 35.5. The first-order chi connectivity index (χ1) is 47.2. The highest BCUT2D eigenvalue weighted by atomic mass is 16.8. The third kappa shape index (κ3) is 18.0. The molecule has 0 radical (unpaired) electrons. The van der Waals surface area contributed by atoms with Crippen molar-refractivity contribution in [1.82, 2.24) is 0 Å². The Morgan fingerprint density at radius 1 is 0.150 bits per heavy atom. The summed E-state index contributed by atoms with van der Waals surface area (Å²) in [5.41, 5.74) is 0. The van der Waals surface area contributed by atoms with Crippen molar-refractivity contribution in [3.05, 3.63) is 0 Å². The van der Waals surface area contributed by atoms with E-state index in [-0.39, 0.29) is 0 Å². The fraction of sp³-hybridized carbons (Fsp3) is 1.00. The largest absolute Gasteiger partial charge is 0.394 e. The van der Waals surface area contributed by atoms with Crippen molar-refractivity contribution in [1.29, 1.82) is 0 Å². The Bertz CT molecular complexity index is 2460. The van der Waals surface area contributed by atoms with Crippen molar-refractivity contribution >= 4 is 0 Å². The standard InChI is InChI=1S/C54H92O46/c55-1-10-19(56)29(66)38(75)47(93-10)85-3-12-21(58)31(68)40(77)49(95-12)87-5-14-23(60)33(70)42(79)51(97-14)89-7-16-25(62)35(72)44(81)53(99-16)91-9-18-27(64)36(73)45(82)54(100-18)90-8-17-26(63)34(71)43(80)52(98-17)88-6-15-24(61)32(69)41(78)50(96-15)86-4-13-22(59)30(67)39(76)48(94-13)84-2-11-20(57)28(65)37(74)46(83)92-11/h10-83H,1-9H2/t10-,11-,12-,13-,14-,15-,16-,17-,18-,19-,20-,21-,22-,23-,24-,25-,26-,27-,28+,29+,30+,31+,32+,33+,34+,35+,36+,37-,38-,39-,40-,41-,42-,43-,44-,45-,46?,47+,48+,49+,50+,51+,52+,53+,54+/m1/s1. The van der Waals surface area contributed by atoms with Crippen LogP contribution in [0.5, 0.6) is 0 Å². The van der Waals surface area contributed by atoms with Crippen molar-refractivity contribution < 1.29 is 229 Å². The van der Waals surface area contributed by atoms with E-state index in [9.17, 15) is 148 Å². The van der Waals surface area contributed by atoms with Crippen LogP contribution in [0.3, 0.4) is 0 Å². The molecular formula is C54H92O46. The van der Waals surface area contributed by atoms with Crippen LogP contribution in [0, 0.1) is 0 Å². The van der Waals surface area contributed by atoms with Crippen LogP contribution in [0.25, 0.3) is 0 Å². The molecule has 9 fully saturated rings. The van der Waals surface area contributed by atoms with Gasteiger partial charge in [-0.2, -0.15) is 0 Å². The minimum absolute atomic E-state index is 0.730. The molecule has 9 rings (SSSR count). The van der Waals surface area contributed by atoms with Crippen LogP contribution in [-0.4, -0.2) is 484 Å². The summed E-state index contributed by atoms with van der Waals surface area (Å²) in [6.45, 7) is -7.47. The quantitative estimate of drug-likeness (QED) is 0.0404. The number of aliphatic hydroxyl groups excluding tert-OH is 29. The predicted octanol–water partition coefficient (Wildman–Crippen LogP) is -20.6. The zero-order valence-corrected chi connectivity index (χ0v) is 52.3. The molecule has 46 heteroatoms. The van der Waals surface area contributed by atoms with Crippen molar-refractivity contribution in [3.8, 4) is 0 Å². The number of hydrogen-bond acceptors (Lipinski definition) is 46. The molecule has 0 aromatic rings. The Morgan fingerprint density at radius 2 is 0.280 bits per heavy atom. The average molecular weight is 1480 g/mol. The zero-order chi connectivity index (χ0) is 73.4. The van der Waals surface area contributed by atoms with E-state index < -0.39 is 336 Å². The molecule has 100 heavy (non-hydrogen) atoms. The van der Waals surface area contributed by atoms with E-state index in [2.05, 4.69) is 0 Å². The first kappa shape index (κ1) is 82.2. The van der Waals surface area contributed by atoms with Gasteiger partial charge < -0.3 is 229 Å². The fourth-order valence-corrected chi connectivity index (χ4v) is 12.1. The third-order valence-corrected chi connectivity index (χ3v) is 18.6. The van der Waals surface area contributed by atoms with E-state index in [4.69, 9.17) is 80.5 Å². The van der Waals surface area contributed by atoms with Gasteiger partial charge in [0.05, 0.1) is 59.5 Å². The molecular weight excluding hydrogens is 1380 g/mol. The lowest BCUT2D eigenvalue weighted by Gasteiger charge is -2.45. The molecule has 0 aromatic carbocycles. The topological polar surface area (TPSA) is 744 Å². The third-order valence-electron chi connectivity index (χ3n) is 18.6. The maximum atomic E-state index is 10.9. The van der Waals surface area contributed by atoms with Gasteiger partial charge in [0.1, 0.15) is 220 Å². The van der Waals surface area contributed by atoms with Gasteiger partial charge in [-0.1, -0.05) is 0 Å². The smallest absolute Gasteiger partial charge is 0.186 e. The first-order valence-electron chi connectivity index (χ1n) is 31.7. The number of ether oxygens (including phenoxy) is 17. The van der Waals surface area contributed by atoms with Gasteiger partial charge >= 0.3 is 0 Å². The van der Waals surface area contributed by atoms with Crippen molar-refractivity contribution in [2.24, 2.45) is 0 Å². The molecule has 9 aliphatic heterocycles. The summed E-state index contributed by atoms with van der Waals surface area (Å²) in [4.78, 5) is 0. The Balaban J connectivity index is 0.739. The van der Waals surface area contributed by atoms with Crippen LogP contribution in [0.1, 0.15) is 0 Å². The first-order valence-corrected chi connectivity index (χ1v) is 31.7. The highest BCUT2D eigenvalue weighted by molar-refractivity contribution is 4.99. The zero-order valence-electron chi connectivity index (χ0n) is 52.3. The van der Waals surface area contributed by atoms with Gasteiger partial charge in [-0.05, 0) is 0 Å². The van der Waals surface area contributed by atoms with Crippen LogP contribution in [0.2, 0.25) is 0 Å². The number of aliphatic hydroxyl groups is 29. The molecule has 1 unspecified atom stereocenters. The van der Waals surface area contributed by atoms with Gasteiger partial charge in [0, 0.05) is 0 Å². The lowest BCUT2D eigenvalue weighted by atomic mass is 9.97. The number of hydrogen-bond donors (Lipinski definition) is 29. The molecule has 584 valence electrons. The van der Waals surface area contributed by atoms with Crippen LogP contribution in [0.15, 0.2) is 0 Å². The molecule has 9 aliphatic rings. The van der Waals surface area contributed by atoms with Crippen molar-refractivity contribution in [3.63, 3.8) is 0 Å². The average Bonchev–Trinajstić information content (AvgIpc) is 0.804. The maximum Gasteiger partial charge on any atom is 0.186 e. The molecule has 9 saturated heterocycles. The van der Waals surface area contributed by atoms with Crippen LogP contribution < -0.4 is 0 Å². The van der Waals surface area contributed by atoms with E-state index in [1.54, 1.807) is 0 Å². The molecule has 46 nitrogen and oxygen atoms in total. The summed E-state index contributed by atoms with van der Waals surface area (Å²) in [5.74, 6) is 0. The van der Waals surface area contributed by atoms with Crippen LogP contribution in [-0.2, 0) is 80.5 Å². The Kier molecular flexibility index (Phi) is 29.2. The van der Waals surface area contributed by atoms with Gasteiger partial charge in [-0.3, -0.25) is 0 Å². The van der Waals surface area contributed by atoms with E-state index in [1.165, 1.54) is 0 Å². The fourth-order valence-electron chi connectivity index (χ4n) is 12.1. The lowest BCUT2D eigenvalue weighted by Crippen LogP contribution is -2.63. The summed E-state index contributed by atoms with van der Waals surface area (Å²) < 4.78 is 93.7. The summed E-state index contributed by atoms with van der Waals surface area (Å²) in [7, 11) is 0. The summed E-state index contributed by atoms with van der Waals surface area (Å²) in [6, 6.07) is 0. The normalized spacial score (nSPS) is 53.7. The predicted molar refractivity (Wildman–Crippen MR) is 297 cm³/mol. The molecule has 0 saturated carbocycles. The maximum absolute atomic E-state index is 10.9. The second-order valence-corrected chi connectivity index (χ2v) is 25.5. The molecule has 0 aliphatic carbocycles. The summed E-state index contributed by atoms with van der Waals surface area (Å²) >= 11 is 0. The Labute approximate surface area is 563 Å². The Morgan fingerprint density at radius 3 is 0.440 bits per heavy atom. The SMILES string of the molecule is OC[C@H]1O[C@H](OC[C@H]2O[C@H](OC[C@H]3O[C@H](OC[C@H]4O[C@H](OC[C@H]5O[C@H](OC[C@H]6O[C@H](OC[C@H]7O[C@H](OC[C@H]8O[C@H](OC[C@H]9OC(O)[C@H](O)[C@@H](O)[C@@H]9O)[C@H](O)[C@@H](O)[C@@H]8O)[C@H](O)[C@@H](O)[C@@H]7O)[C@H](O)[C@@H](O)[C@@H]6O)[C@H](O)[C@@H](O)[C@@H]5O)[C@H](O)[C@@H](O)[C@@H]4O)[C@H](O)[C@@H](O)[C@@H]3O)[C@H](O)[C@@H](O)[C@@H]2O)[C@H](O)[C@@H](O)[C@@H]1O. The van der Waals surface area contributed by atoms with Gasteiger partial charge in [-0.15, -0.1) is 0 Å². The van der Waals surface area contributed by atoms with Crippen molar-refractivity contribution in [2.45, 2.75) is 276 Å². The Hall–Kier alpha value is -1.84. The van der Waals surface area contributed by atoms with Gasteiger partial charge in [-0.25, -0.2) is 0 Å². The lowest BCUT2D eigenvalue weighted by molar-refractivity contribution is -0.355. The molecule has 29 N–H and O–H groups in total. The van der Waals surface area contributed by atoms with Crippen LogP contribution in [0.4, 0.5) is 0 Å². The molecule has 0 spiro atoms. The molecule has 0 amide bonds. The minimum Gasteiger partial charge on any atom is -0.394 e. The van der Waals surface area contributed by atoms with Crippen molar-refractivity contribution in [2.75, 3.05) is 59.5 Å². The van der Waals surface area contributed by atoms with E-state index >= 15 is 0 Å². The molecule has 0 aromatic heterocycles. The van der Waals surface area contributed by atoms with Gasteiger partial charge in [0.25, 0.3) is 0 Å². The molecule has 9 heterocycles. The molecule has 0 bridgehead atoms. The van der Waals surface area contributed by atoms with E-state index in [0.717, 1.165) is 0 Å². The minimum atomic E-state index is -2.12. The van der Waals surface area contributed by atoms with E-state index in [0.29, 0.717) is 0 Å². The summed E-state index contributed by atoms with van der Waals surface area (Å²) in [5, 5.41) is 306. The van der Waals surface area contributed by atoms with Gasteiger partial charge in [0.15, 0.2) is 56.6 Å². The van der Waals surface area contributed by atoms with Gasteiger partial charge in [0.2, 0.25) is 0 Å². The molecule has 45 atom stereocenters. The number of rotatable bonds is 25. The second-order valence-electron chi connectivity index (χ2n) is 25.5. The highest BCUT2D eigenvalue weighted by Gasteiger charge is 2.55. The van der Waals surface area contributed by atoms with Crippen LogP contribution >= 0.6 is 0 Å². The monoisotopic (exact) mass is 1480 g/mol.